The number of sulfonamides is 1. The van der Waals surface area contributed by atoms with Gasteiger partial charge in [-0.15, -0.1) is 0 Å². The molecule has 6 heteroatoms. The highest BCUT2D eigenvalue weighted by atomic mass is 32.2. The number of aryl methyl sites for hydroxylation is 1. The van der Waals surface area contributed by atoms with Crippen LogP contribution in [0.25, 0.3) is 0 Å². The number of benzene rings is 2. The molecular weight excluding hydrogens is 279 g/mol. The molecule has 2 aromatic carbocycles. The van der Waals surface area contributed by atoms with Crippen molar-refractivity contribution in [2.75, 3.05) is 10.5 Å². The Kier molecular flexibility index (Phi) is 3.94. The molecule has 0 fully saturated rings. The third kappa shape index (κ3) is 3.27. The minimum Gasteiger partial charge on any atom is -0.399 e. The van der Waals surface area contributed by atoms with Crippen molar-refractivity contribution in [2.24, 2.45) is 0 Å². The number of nitrogens with two attached hydrogens (primary N) is 1. The van der Waals surface area contributed by atoms with Gasteiger partial charge in [-0.2, -0.15) is 0 Å². The second-order valence-corrected chi connectivity index (χ2v) is 6.06. The van der Waals surface area contributed by atoms with Gasteiger partial charge in [0.2, 0.25) is 0 Å². The summed E-state index contributed by atoms with van der Waals surface area (Å²) in [6.07, 6.45) is 0.794. The van der Waals surface area contributed by atoms with E-state index in [0.29, 0.717) is 5.69 Å². The first kappa shape index (κ1) is 14.3. The lowest BCUT2D eigenvalue weighted by molar-refractivity contribution is 0.595. The molecule has 106 valence electrons. The Balaban J connectivity index is 2.35. The van der Waals surface area contributed by atoms with Crippen molar-refractivity contribution >= 4 is 21.4 Å². The molecule has 0 aliphatic carbocycles. The van der Waals surface area contributed by atoms with Gasteiger partial charge in [0.15, 0.2) is 0 Å². The van der Waals surface area contributed by atoms with Gasteiger partial charge in [-0.25, -0.2) is 12.8 Å². The van der Waals surface area contributed by atoms with Crippen molar-refractivity contribution in [1.82, 2.24) is 0 Å². The van der Waals surface area contributed by atoms with E-state index in [2.05, 4.69) is 4.72 Å². The van der Waals surface area contributed by atoms with Crippen LogP contribution in [0.4, 0.5) is 15.8 Å². The molecule has 0 radical (unpaired) electrons. The highest BCUT2D eigenvalue weighted by Crippen LogP contribution is 2.20. The molecule has 0 saturated carbocycles. The van der Waals surface area contributed by atoms with Crippen LogP contribution in [0.3, 0.4) is 0 Å². The van der Waals surface area contributed by atoms with Crippen molar-refractivity contribution < 1.29 is 12.8 Å². The number of anilines is 2. The molecule has 0 aliphatic rings. The molecule has 2 rings (SSSR count). The van der Waals surface area contributed by atoms with E-state index < -0.39 is 15.8 Å². The molecule has 0 heterocycles. The van der Waals surface area contributed by atoms with Gasteiger partial charge in [0, 0.05) is 11.4 Å². The molecule has 0 aromatic heterocycles. The zero-order valence-corrected chi connectivity index (χ0v) is 11.7. The Labute approximate surface area is 117 Å². The Morgan fingerprint density at radius 3 is 2.60 bits per heavy atom. The second kappa shape index (κ2) is 5.50. The fourth-order valence-electron chi connectivity index (χ4n) is 1.81. The summed E-state index contributed by atoms with van der Waals surface area (Å²) in [5, 5.41) is 0. The summed E-state index contributed by atoms with van der Waals surface area (Å²) in [6, 6.07) is 10.3. The minimum absolute atomic E-state index is 0.0627. The number of rotatable bonds is 4. The van der Waals surface area contributed by atoms with Crippen molar-refractivity contribution in [1.29, 1.82) is 0 Å². The van der Waals surface area contributed by atoms with Crippen LogP contribution >= 0.6 is 0 Å². The fraction of sp³-hybridized carbons (Fsp3) is 0.143. The van der Waals surface area contributed by atoms with E-state index in [0.717, 1.165) is 24.1 Å². The average molecular weight is 294 g/mol. The number of hydrogen-bond acceptors (Lipinski definition) is 3. The van der Waals surface area contributed by atoms with Crippen LogP contribution in [0.2, 0.25) is 0 Å². The van der Waals surface area contributed by atoms with Crippen LogP contribution in [0.1, 0.15) is 12.5 Å². The van der Waals surface area contributed by atoms with Crippen LogP contribution < -0.4 is 10.5 Å². The lowest BCUT2D eigenvalue weighted by Crippen LogP contribution is -2.13. The van der Waals surface area contributed by atoms with E-state index in [1.165, 1.54) is 6.07 Å². The van der Waals surface area contributed by atoms with Crippen molar-refractivity contribution in [3.8, 4) is 0 Å². The Hall–Kier alpha value is -2.08. The van der Waals surface area contributed by atoms with Crippen molar-refractivity contribution in [3.05, 3.63) is 53.8 Å². The lowest BCUT2D eigenvalue weighted by Gasteiger charge is -2.10. The molecule has 2 aromatic rings. The Bertz CT molecular complexity index is 709. The minimum atomic E-state index is -3.85. The van der Waals surface area contributed by atoms with Gasteiger partial charge in [0.25, 0.3) is 10.0 Å². The third-order valence-electron chi connectivity index (χ3n) is 2.79. The molecule has 0 saturated heterocycles. The summed E-state index contributed by atoms with van der Waals surface area (Å²) >= 11 is 0. The quantitative estimate of drug-likeness (QED) is 0.852. The summed E-state index contributed by atoms with van der Waals surface area (Å²) in [5.41, 5.74) is 6.97. The van der Waals surface area contributed by atoms with Gasteiger partial charge in [0.05, 0.1) is 4.90 Å². The van der Waals surface area contributed by atoms with Crippen LogP contribution in [0, 0.1) is 5.82 Å². The molecule has 20 heavy (non-hydrogen) atoms. The number of hydrogen-bond donors (Lipinski definition) is 2. The van der Waals surface area contributed by atoms with Gasteiger partial charge in [-0.05, 0) is 42.3 Å². The van der Waals surface area contributed by atoms with Crippen LogP contribution in [0.5, 0.6) is 0 Å². The molecule has 0 unspecified atom stereocenters. The zero-order chi connectivity index (χ0) is 14.8. The van der Waals surface area contributed by atoms with Gasteiger partial charge < -0.3 is 5.73 Å². The number of halogens is 1. The highest BCUT2D eigenvalue weighted by molar-refractivity contribution is 7.92. The monoisotopic (exact) mass is 294 g/mol. The fourth-order valence-corrected chi connectivity index (χ4v) is 2.92. The maximum absolute atomic E-state index is 13.2. The van der Waals surface area contributed by atoms with Gasteiger partial charge in [0.1, 0.15) is 5.82 Å². The van der Waals surface area contributed by atoms with Crippen LogP contribution in [-0.4, -0.2) is 8.42 Å². The topological polar surface area (TPSA) is 72.2 Å². The summed E-state index contributed by atoms with van der Waals surface area (Å²) in [5.74, 6) is -0.687. The standard InChI is InChI=1S/C14H15FN2O2S/c1-2-10-4-3-5-13(6-10)17-20(18,19)14-8-11(15)7-12(16)9-14/h3-9,17H,2,16H2,1H3. The van der Waals surface area contributed by atoms with E-state index in [-0.39, 0.29) is 10.6 Å². The van der Waals surface area contributed by atoms with E-state index in [1.54, 1.807) is 18.2 Å². The van der Waals surface area contributed by atoms with E-state index in [1.807, 2.05) is 13.0 Å². The SMILES string of the molecule is CCc1cccc(NS(=O)(=O)c2cc(N)cc(F)c2)c1. The molecule has 3 N–H and O–H groups in total. The number of nitrogen functional groups attached to an aromatic ring is 1. The Morgan fingerprint density at radius 1 is 1.20 bits per heavy atom. The summed E-state index contributed by atoms with van der Waals surface area (Å²) in [7, 11) is -3.85. The zero-order valence-electron chi connectivity index (χ0n) is 10.9. The van der Waals surface area contributed by atoms with E-state index in [4.69, 9.17) is 5.73 Å². The predicted molar refractivity (Wildman–Crippen MR) is 77.4 cm³/mol. The molecule has 0 aliphatic heterocycles. The van der Waals surface area contributed by atoms with Gasteiger partial charge >= 0.3 is 0 Å². The number of nitrogens with one attached hydrogen (secondary N) is 1. The van der Waals surface area contributed by atoms with E-state index in [9.17, 15) is 12.8 Å². The third-order valence-corrected chi connectivity index (χ3v) is 4.15. The highest BCUT2D eigenvalue weighted by Gasteiger charge is 2.16. The Morgan fingerprint density at radius 2 is 1.95 bits per heavy atom. The molecule has 0 spiro atoms. The normalized spacial score (nSPS) is 11.3. The van der Waals surface area contributed by atoms with Gasteiger partial charge in [-0.3, -0.25) is 4.72 Å². The van der Waals surface area contributed by atoms with Gasteiger partial charge in [-0.1, -0.05) is 19.1 Å². The van der Waals surface area contributed by atoms with Crippen LogP contribution in [-0.2, 0) is 16.4 Å². The first-order chi connectivity index (χ1) is 9.40. The summed E-state index contributed by atoms with van der Waals surface area (Å²) in [4.78, 5) is -0.197. The summed E-state index contributed by atoms with van der Waals surface area (Å²) < 4.78 is 40.0. The lowest BCUT2D eigenvalue weighted by atomic mass is 10.1. The first-order valence-electron chi connectivity index (χ1n) is 6.08. The maximum atomic E-state index is 13.2. The summed E-state index contributed by atoms with van der Waals surface area (Å²) in [6.45, 7) is 1.97. The largest absolute Gasteiger partial charge is 0.399 e. The molecular formula is C14H15FN2O2S. The molecule has 0 amide bonds. The predicted octanol–water partition coefficient (Wildman–Crippen LogP) is 2.77. The van der Waals surface area contributed by atoms with E-state index >= 15 is 0 Å². The van der Waals surface area contributed by atoms with Crippen molar-refractivity contribution in [3.63, 3.8) is 0 Å². The first-order valence-corrected chi connectivity index (χ1v) is 7.57. The smallest absolute Gasteiger partial charge is 0.262 e. The molecule has 0 atom stereocenters. The molecule has 0 bridgehead atoms. The average Bonchev–Trinajstić information content (AvgIpc) is 2.37. The second-order valence-electron chi connectivity index (χ2n) is 4.38. The maximum Gasteiger partial charge on any atom is 0.262 e. The molecule has 4 nitrogen and oxygen atoms in total. The van der Waals surface area contributed by atoms with Crippen molar-refractivity contribution in [2.45, 2.75) is 18.2 Å². The van der Waals surface area contributed by atoms with Crippen LogP contribution in [0.15, 0.2) is 47.4 Å².